The van der Waals surface area contributed by atoms with Gasteiger partial charge in [-0.25, -0.2) is 0 Å². The summed E-state index contributed by atoms with van der Waals surface area (Å²) in [5, 5.41) is 5.76. The van der Waals surface area contributed by atoms with Gasteiger partial charge >= 0.3 is 0 Å². The molecule has 0 saturated carbocycles. The van der Waals surface area contributed by atoms with Crippen LogP contribution < -0.4 is 5.43 Å². The fourth-order valence-electron chi connectivity index (χ4n) is 0.445. The summed E-state index contributed by atoms with van der Waals surface area (Å²) in [7, 11) is 0. The number of hydrogen-bond donors (Lipinski definition) is 1. The van der Waals surface area contributed by atoms with Gasteiger partial charge in [0.2, 0.25) is 5.43 Å². The predicted octanol–water partition coefficient (Wildman–Crippen LogP) is -0.418. The first-order chi connectivity index (χ1) is 4.34. The quantitative estimate of drug-likeness (QED) is 0.517. The Kier molecular flexibility index (Phi) is 1.40. The van der Waals surface area contributed by atoms with E-state index in [0.29, 0.717) is 6.29 Å². The number of nitrogens with zero attached hydrogens (tertiary/aromatic N) is 1. The van der Waals surface area contributed by atoms with Crippen molar-refractivity contribution in [3.05, 3.63) is 28.2 Å². The van der Waals surface area contributed by atoms with E-state index >= 15 is 0 Å². The van der Waals surface area contributed by atoms with Crippen molar-refractivity contribution in [2.24, 2.45) is 0 Å². The number of hydrogen-bond acceptors (Lipinski definition) is 3. The molecule has 0 aromatic carbocycles. The van der Waals surface area contributed by atoms with Crippen molar-refractivity contribution < 1.29 is 4.79 Å². The van der Waals surface area contributed by atoms with E-state index in [1.54, 1.807) is 0 Å². The third-order valence-corrected chi connectivity index (χ3v) is 0.858. The zero-order valence-electron chi connectivity index (χ0n) is 4.50. The summed E-state index contributed by atoms with van der Waals surface area (Å²) in [6, 6.07) is 1.25. The maximum absolute atomic E-state index is 10.5. The van der Waals surface area contributed by atoms with Gasteiger partial charge in [0.25, 0.3) is 0 Å². The van der Waals surface area contributed by atoms with Crippen molar-refractivity contribution in [3.8, 4) is 0 Å². The van der Waals surface area contributed by atoms with Crippen LogP contribution in [0.15, 0.2) is 17.1 Å². The number of carbonyl (C=O) groups is 1. The maximum Gasteiger partial charge on any atom is 0.210 e. The lowest BCUT2D eigenvalue weighted by Gasteiger charge is -1.82. The van der Waals surface area contributed by atoms with Crippen molar-refractivity contribution in [2.45, 2.75) is 0 Å². The lowest BCUT2D eigenvalue weighted by atomic mass is 10.4. The van der Waals surface area contributed by atoms with Gasteiger partial charge in [0.15, 0.2) is 12.0 Å². The Morgan fingerprint density at radius 3 is 2.89 bits per heavy atom. The van der Waals surface area contributed by atoms with Gasteiger partial charge in [-0.1, -0.05) is 0 Å². The van der Waals surface area contributed by atoms with Gasteiger partial charge in [-0.15, -0.1) is 0 Å². The van der Waals surface area contributed by atoms with E-state index in [1.165, 1.54) is 12.3 Å². The molecule has 0 aliphatic carbocycles. The SMILES string of the molecule is O=Cc1n[nH]ccc1=O. The van der Waals surface area contributed by atoms with E-state index in [9.17, 15) is 9.59 Å². The van der Waals surface area contributed by atoms with Gasteiger partial charge in [0.05, 0.1) is 0 Å². The molecule has 0 amide bonds. The van der Waals surface area contributed by atoms with E-state index in [2.05, 4.69) is 10.2 Å². The first-order valence-corrected chi connectivity index (χ1v) is 2.34. The van der Waals surface area contributed by atoms with Crippen molar-refractivity contribution in [1.82, 2.24) is 10.2 Å². The molecule has 0 saturated heterocycles. The fourth-order valence-corrected chi connectivity index (χ4v) is 0.445. The number of aromatic nitrogens is 2. The van der Waals surface area contributed by atoms with Crippen LogP contribution in [0.25, 0.3) is 0 Å². The Morgan fingerprint density at radius 1 is 1.67 bits per heavy atom. The number of rotatable bonds is 1. The molecule has 0 radical (unpaired) electrons. The highest BCUT2D eigenvalue weighted by Crippen LogP contribution is 1.71. The Labute approximate surface area is 50.5 Å². The molecule has 0 spiro atoms. The highest BCUT2D eigenvalue weighted by Gasteiger charge is 1.93. The van der Waals surface area contributed by atoms with E-state index in [0.717, 1.165) is 0 Å². The van der Waals surface area contributed by atoms with Crippen LogP contribution in [-0.2, 0) is 0 Å². The molecule has 0 unspecified atom stereocenters. The minimum Gasteiger partial charge on any atom is -0.296 e. The minimum absolute atomic E-state index is 0.0856. The Bertz CT molecular complexity index is 266. The third-order valence-electron chi connectivity index (χ3n) is 0.858. The molecule has 9 heavy (non-hydrogen) atoms. The molecule has 0 fully saturated rings. The summed E-state index contributed by atoms with van der Waals surface area (Å²) < 4.78 is 0. The first-order valence-electron chi connectivity index (χ1n) is 2.34. The molecule has 0 atom stereocenters. The molecule has 1 heterocycles. The summed E-state index contributed by atoms with van der Waals surface area (Å²) in [6.07, 6.45) is 1.79. The highest BCUT2D eigenvalue weighted by atomic mass is 16.1. The zero-order chi connectivity index (χ0) is 6.69. The highest BCUT2D eigenvalue weighted by molar-refractivity contribution is 5.70. The van der Waals surface area contributed by atoms with Crippen LogP contribution in [0.3, 0.4) is 0 Å². The van der Waals surface area contributed by atoms with E-state index in [1.807, 2.05) is 0 Å². The first kappa shape index (κ1) is 5.68. The van der Waals surface area contributed by atoms with Gasteiger partial charge < -0.3 is 0 Å². The normalized spacial score (nSPS) is 8.89. The second kappa shape index (κ2) is 2.21. The van der Waals surface area contributed by atoms with E-state index in [-0.39, 0.29) is 11.1 Å². The molecule has 1 aromatic rings. The predicted molar refractivity (Wildman–Crippen MR) is 30.2 cm³/mol. The molecule has 1 rings (SSSR count). The van der Waals surface area contributed by atoms with E-state index < -0.39 is 0 Å². The topological polar surface area (TPSA) is 62.8 Å². The summed E-state index contributed by atoms with van der Waals surface area (Å²) >= 11 is 0. The number of carbonyl (C=O) groups excluding carboxylic acids is 1. The van der Waals surface area contributed by atoms with Crippen molar-refractivity contribution in [3.63, 3.8) is 0 Å². The Hall–Kier alpha value is -1.45. The van der Waals surface area contributed by atoms with Crippen LogP contribution in [-0.4, -0.2) is 16.5 Å². The molecule has 4 heteroatoms. The monoisotopic (exact) mass is 124 g/mol. The standard InChI is InChI=1S/C5H4N2O2/c8-3-4-5(9)1-2-6-7-4/h1-3H,(H,6,9). The van der Waals surface area contributed by atoms with Gasteiger partial charge in [0.1, 0.15) is 0 Å². The van der Waals surface area contributed by atoms with Crippen molar-refractivity contribution >= 4 is 6.29 Å². The van der Waals surface area contributed by atoms with E-state index in [4.69, 9.17) is 0 Å². The zero-order valence-corrected chi connectivity index (χ0v) is 4.50. The van der Waals surface area contributed by atoms with Gasteiger partial charge in [-0.2, -0.15) is 5.10 Å². The Morgan fingerprint density at radius 2 is 2.44 bits per heavy atom. The minimum atomic E-state index is -0.358. The summed E-state index contributed by atoms with van der Waals surface area (Å²) in [4.78, 5) is 20.5. The number of aldehydes is 1. The van der Waals surface area contributed by atoms with Crippen LogP contribution in [0.5, 0.6) is 0 Å². The third kappa shape index (κ3) is 1.02. The average molecular weight is 124 g/mol. The molecule has 4 nitrogen and oxygen atoms in total. The van der Waals surface area contributed by atoms with Crippen molar-refractivity contribution in [1.29, 1.82) is 0 Å². The molecule has 46 valence electrons. The van der Waals surface area contributed by atoms with Crippen molar-refractivity contribution in [2.75, 3.05) is 0 Å². The molecular weight excluding hydrogens is 120 g/mol. The van der Waals surface area contributed by atoms with Crippen LogP contribution >= 0.6 is 0 Å². The lowest BCUT2D eigenvalue weighted by Crippen LogP contribution is -2.09. The largest absolute Gasteiger partial charge is 0.296 e. The molecule has 1 aromatic heterocycles. The second-order valence-corrected chi connectivity index (χ2v) is 1.44. The lowest BCUT2D eigenvalue weighted by molar-refractivity contribution is 0.111. The molecule has 1 N–H and O–H groups in total. The number of H-pyrrole nitrogens is 1. The summed E-state index contributed by atoms with van der Waals surface area (Å²) in [5.74, 6) is 0. The van der Waals surface area contributed by atoms with Crippen LogP contribution in [0, 0.1) is 0 Å². The molecular formula is C5H4N2O2. The van der Waals surface area contributed by atoms with Gasteiger partial charge in [-0.3, -0.25) is 14.7 Å². The maximum atomic E-state index is 10.5. The number of aromatic amines is 1. The van der Waals surface area contributed by atoms with Crippen LogP contribution in [0.1, 0.15) is 10.5 Å². The van der Waals surface area contributed by atoms with Crippen LogP contribution in [0.2, 0.25) is 0 Å². The van der Waals surface area contributed by atoms with Gasteiger partial charge in [-0.05, 0) is 0 Å². The molecule has 0 aliphatic heterocycles. The summed E-state index contributed by atoms with van der Waals surface area (Å²) in [5.41, 5.74) is -0.443. The second-order valence-electron chi connectivity index (χ2n) is 1.44. The molecule has 0 aliphatic rings. The number of nitrogens with one attached hydrogen (secondary N) is 1. The summed E-state index contributed by atoms with van der Waals surface area (Å²) in [6.45, 7) is 0. The average Bonchev–Trinajstić information content (AvgIpc) is 1.89. The fraction of sp³-hybridized carbons (Fsp3) is 0. The molecule has 0 bridgehead atoms. The van der Waals surface area contributed by atoms with Crippen LogP contribution in [0.4, 0.5) is 0 Å². The van der Waals surface area contributed by atoms with Gasteiger partial charge in [0, 0.05) is 12.3 Å². The smallest absolute Gasteiger partial charge is 0.210 e. The Balaban J connectivity index is 3.32.